The van der Waals surface area contributed by atoms with E-state index < -0.39 is 10.0 Å². The van der Waals surface area contributed by atoms with Crippen LogP contribution in [0.25, 0.3) is 11.0 Å². The molecule has 1 saturated heterocycles. The van der Waals surface area contributed by atoms with Gasteiger partial charge < -0.3 is 9.30 Å². The van der Waals surface area contributed by atoms with Gasteiger partial charge in [-0.3, -0.25) is 0 Å². The fourth-order valence-electron chi connectivity index (χ4n) is 4.00. The molecule has 0 aliphatic carbocycles. The average molecular weight is 539 g/mol. The van der Waals surface area contributed by atoms with E-state index in [4.69, 9.17) is 9.72 Å². The van der Waals surface area contributed by atoms with Crippen LogP contribution in [0.2, 0.25) is 0 Å². The molecule has 1 atom stereocenters. The van der Waals surface area contributed by atoms with Crippen molar-refractivity contribution in [2.75, 3.05) is 19.7 Å². The van der Waals surface area contributed by atoms with Gasteiger partial charge in [-0.2, -0.15) is 4.31 Å². The van der Waals surface area contributed by atoms with Crippen molar-refractivity contribution in [2.24, 2.45) is 0 Å². The van der Waals surface area contributed by atoms with Gasteiger partial charge in [0.2, 0.25) is 10.0 Å². The van der Waals surface area contributed by atoms with Gasteiger partial charge in [-0.25, -0.2) is 13.4 Å². The van der Waals surface area contributed by atoms with Crippen molar-refractivity contribution >= 4 is 48.7 Å². The maximum Gasteiger partial charge on any atom is 0.243 e. The summed E-state index contributed by atoms with van der Waals surface area (Å²) in [7, 11) is -3.53. The predicted molar refractivity (Wildman–Crippen MR) is 133 cm³/mol. The second-order valence-electron chi connectivity index (χ2n) is 7.76. The average Bonchev–Trinajstić information content (AvgIpc) is 3.42. The Balaban J connectivity index is 1.71. The third kappa shape index (κ3) is 4.92. The first-order chi connectivity index (χ1) is 15.4. The molecule has 1 fully saturated rings. The molecule has 2 aromatic carbocycles. The third-order valence-electron chi connectivity index (χ3n) is 5.75. The van der Waals surface area contributed by atoms with Crippen LogP contribution in [0.5, 0.6) is 0 Å². The summed E-state index contributed by atoms with van der Waals surface area (Å²) in [5, 5.41) is 0.878. The van der Waals surface area contributed by atoms with Gasteiger partial charge >= 0.3 is 0 Å². The first kappa shape index (κ1) is 23.8. The zero-order valence-electron chi connectivity index (χ0n) is 18.3. The van der Waals surface area contributed by atoms with Gasteiger partial charge in [-0.15, -0.1) is 0 Å². The molecular weight excluding hydrogens is 510 g/mol. The SMILES string of the molecule is CCN(CC)S(=O)(=O)c1ccc2c(c1)nc(SCc1ccccc1Br)n2C[C@@H]1CCCO1. The molecule has 0 unspecified atom stereocenters. The lowest BCUT2D eigenvalue weighted by molar-refractivity contribution is 0.0960. The Bertz CT molecular complexity index is 1190. The summed E-state index contributed by atoms with van der Waals surface area (Å²) in [4.78, 5) is 5.15. The van der Waals surface area contributed by atoms with Crippen LogP contribution in [0.1, 0.15) is 32.3 Å². The number of nitrogens with zero attached hydrogens (tertiary/aromatic N) is 3. The molecule has 32 heavy (non-hydrogen) atoms. The lowest BCUT2D eigenvalue weighted by Gasteiger charge is -2.18. The number of fused-ring (bicyclic) bond motifs is 1. The van der Waals surface area contributed by atoms with Crippen LogP contribution in [0.4, 0.5) is 0 Å². The Morgan fingerprint density at radius 1 is 1.22 bits per heavy atom. The van der Waals surface area contributed by atoms with Crippen LogP contribution < -0.4 is 0 Å². The monoisotopic (exact) mass is 537 g/mol. The number of benzene rings is 2. The molecule has 1 aromatic heterocycles. The van der Waals surface area contributed by atoms with E-state index in [-0.39, 0.29) is 11.0 Å². The Morgan fingerprint density at radius 3 is 2.69 bits per heavy atom. The normalized spacial score (nSPS) is 16.9. The zero-order chi connectivity index (χ0) is 22.7. The quantitative estimate of drug-likeness (QED) is 0.346. The summed E-state index contributed by atoms with van der Waals surface area (Å²) in [6.07, 6.45) is 2.26. The van der Waals surface area contributed by atoms with Crippen molar-refractivity contribution in [3.05, 3.63) is 52.5 Å². The number of halogens is 1. The minimum Gasteiger partial charge on any atom is -0.376 e. The van der Waals surface area contributed by atoms with Crippen molar-refractivity contribution in [1.82, 2.24) is 13.9 Å². The molecule has 9 heteroatoms. The van der Waals surface area contributed by atoms with Gasteiger partial charge in [-0.1, -0.05) is 59.7 Å². The van der Waals surface area contributed by atoms with Crippen molar-refractivity contribution < 1.29 is 13.2 Å². The van der Waals surface area contributed by atoms with Crippen LogP contribution in [0, 0.1) is 0 Å². The molecule has 0 amide bonds. The van der Waals surface area contributed by atoms with Crippen LogP contribution in [-0.4, -0.2) is 48.1 Å². The van der Waals surface area contributed by atoms with Crippen molar-refractivity contribution in [2.45, 2.75) is 55.1 Å². The molecule has 4 rings (SSSR count). The second kappa shape index (κ2) is 10.3. The van der Waals surface area contributed by atoms with Crippen molar-refractivity contribution in [3.63, 3.8) is 0 Å². The Kier molecular flexibility index (Phi) is 7.62. The van der Waals surface area contributed by atoms with Gasteiger partial charge in [0, 0.05) is 29.9 Å². The van der Waals surface area contributed by atoms with E-state index in [0.717, 1.165) is 46.9 Å². The minimum atomic E-state index is -3.53. The van der Waals surface area contributed by atoms with Gasteiger partial charge in [-0.05, 0) is 42.7 Å². The fraction of sp³-hybridized carbons (Fsp3) is 0.435. The highest BCUT2D eigenvalue weighted by Gasteiger charge is 2.24. The van der Waals surface area contributed by atoms with Crippen molar-refractivity contribution in [3.8, 4) is 0 Å². The van der Waals surface area contributed by atoms with E-state index >= 15 is 0 Å². The first-order valence-corrected chi connectivity index (χ1v) is 14.1. The van der Waals surface area contributed by atoms with Crippen LogP contribution in [0.3, 0.4) is 0 Å². The van der Waals surface area contributed by atoms with E-state index in [9.17, 15) is 8.42 Å². The van der Waals surface area contributed by atoms with E-state index in [2.05, 4.69) is 26.6 Å². The minimum absolute atomic E-state index is 0.161. The molecule has 2 heterocycles. The third-order valence-corrected chi connectivity index (χ3v) is 9.60. The van der Waals surface area contributed by atoms with E-state index in [1.54, 1.807) is 23.9 Å². The number of ether oxygens (including phenoxy) is 1. The predicted octanol–water partition coefficient (Wildman–Crippen LogP) is 5.30. The number of imidazole rings is 1. The molecule has 0 bridgehead atoms. The summed E-state index contributed by atoms with van der Waals surface area (Å²) < 4.78 is 36.6. The molecule has 6 nitrogen and oxygen atoms in total. The highest BCUT2D eigenvalue weighted by molar-refractivity contribution is 9.10. The summed E-state index contributed by atoms with van der Waals surface area (Å²) in [6, 6.07) is 13.5. The van der Waals surface area contributed by atoms with Gasteiger partial charge in [0.1, 0.15) is 0 Å². The topological polar surface area (TPSA) is 64.4 Å². The van der Waals surface area contributed by atoms with Gasteiger partial charge in [0.15, 0.2) is 5.16 Å². The van der Waals surface area contributed by atoms with E-state index in [1.165, 1.54) is 9.87 Å². The number of rotatable bonds is 9. The van der Waals surface area contributed by atoms with Crippen LogP contribution in [0.15, 0.2) is 57.0 Å². The molecule has 3 aromatic rings. The van der Waals surface area contributed by atoms with E-state index in [1.807, 2.05) is 38.1 Å². The lowest BCUT2D eigenvalue weighted by Crippen LogP contribution is -2.30. The largest absolute Gasteiger partial charge is 0.376 e. The molecule has 172 valence electrons. The Hall–Kier alpha value is -1.39. The van der Waals surface area contributed by atoms with Crippen LogP contribution in [-0.2, 0) is 27.1 Å². The second-order valence-corrected chi connectivity index (χ2v) is 11.5. The number of sulfonamides is 1. The fourth-order valence-corrected chi connectivity index (χ4v) is 7.11. The Morgan fingerprint density at radius 2 is 2.00 bits per heavy atom. The lowest BCUT2D eigenvalue weighted by atomic mass is 10.2. The zero-order valence-corrected chi connectivity index (χ0v) is 21.5. The first-order valence-electron chi connectivity index (χ1n) is 10.9. The molecule has 1 aliphatic heterocycles. The molecule has 1 aliphatic rings. The molecule has 0 N–H and O–H groups in total. The maximum absolute atomic E-state index is 13.0. The molecule has 0 spiro atoms. The highest BCUT2D eigenvalue weighted by atomic mass is 79.9. The molecule has 0 saturated carbocycles. The number of hydrogen-bond donors (Lipinski definition) is 0. The van der Waals surface area contributed by atoms with Gasteiger partial charge in [0.25, 0.3) is 0 Å². The maximum atomic E-state index is 13.0. The summed E-state index contributed by atoms with van der Waals surface area (Å²) in [5.41, 5.74) is 2.83. The van der Waals surface area contributed by atoms with Gasteiger partial charge in [0.05, 0.1) is 28.6 Å². The van der Waals surface area contributed by atoms with E-state index in [0.29, 0.717) is 18.6 Å². The summed E-state index contributed by atoms with van der Waals surface area (Å²) >= 11 is 5.28. The molecular formula is C23H28BrN3O3S2. The number of thioether (sulfide) groups is 1. The highest BCUT2D eigenvalue weighted by Crippen LogP contribution is 2.32. The molecule has 0 radical (unpaired) electrons. The van der Waals surface area contributed by atoms with Crippen LogP contribution >= 0.6 is 27.7 Å². The standard InChI is InChI=1S/C23H28BrN3O3S2/c1-3-26(4-2)32(28,29)19-11-12-22-21(14-19)25-23(27(22)15-18-9-7-13-30-18)31-16-17-8-5-6-10-20(17)24/h5-6,8,10-12,14,18H,3-4,7,9,13,15-16H2,1-2H3/t18-/m0/s1. The smallest absolute Gasteiger partial charge is 0.243 e. The number of hydrogen-bond acceptors (Lipinski definition) is 5. The summed E-state index contributed by atoms with van der Waals surface area (Å²) in [6.45, 7) is 6.10. The number of aromatic nitrogens is 2. The van der Waals surface area contributed by atoms with Crippen molar-refractivity contribution in [1.29, 1.82) is 0 Å². The summed E-state index contributed by atoms with van der Waals surface area (Å²) in [5.74, 6) is 0.765. The Labute approximate surface area is 202 Å².